The van der Waals surface area contributed by atoms with Gasteiger partial charge in [-0.1, -0.05) is 55.8 Å². The molecule has 5 rings (SSSR count). The highest BCUT2D eigenvalue weighted by molar-refractivity contribution is 6.30. The van der Waals surface area contributed by atoms with E-state index in [2.05, 4.69) is 10.6 Å². The Kier molecular flexibility index (Phi) is 7.00. The third-order valence-corrected chi connectivity index (χ3v) is 8.89. The maximum atomic E-state index is 14.4. The number of aliphatic hydroxyl groups excluding tert-OH is 1. The molecule has 0 aromatic heterocycles. The second kappa shape index (κ2) is 9.98. The number of amides is 3. The Hall–Kier alpha value is -2.94. The van der Waals surface area contributed by atoms with E-state index < -0.39 is 41.0 Å². The number of ether oxygens (including phenoxy) is 1. The SMILES string of the molecule is CCCNC(=O)[C@H]1[C@H]2C(=O)N([C@H](CO)c3ccccc3)C(C(=O)Nc3ccc(Cl)cc3)C23CC(C)[C@]1(C)O3. The van der Waals surface area contributed by atoms with Crippen LogP contribution in [0.4, 0.5) is 5.69 Å². The van der Waals surface area contributed by atoms with Crippen LogP contribution in [0, 0.1) is 17.8 Å². The molecule has 3 heterocycles. The first-order valence-electron chi connectivity index (χ1n) is 13.2. The fourth-order valence-electron chi connectivity index (χ4n) is 6.84. The highest BCUT2D eigenvalue weighted by atomic mass is 35.5. The predicted molar refractivity (Wildman–Crippen MR) is 143 cm³/mol. The van der Waals surface area contributed by atoms with Gasteiger partial charge in [-0.2, -0.15) is 0 Å². The second-order valence-electron chi connectivity index (χ2n) is 10.8. The van der Waals surface area contributed by atoms with E-state index in [1.807, 2.05) is 51.1 Å². The van der Waals surface area contributed by atoms with Crippen molar-refractivity contribution in [2.45, 2.75) is 56.9 Å². The summed E-state index contributed by atoms with van der Waals surface area (Å²) in [5.41, 5.74) is -0.886. The minimum atomic E-state index is -1.21. The number of carbonyl (C=O) groups excluding carboxylic acids is 3. The van der Waals surface area contributed by atoms with Crippen molar-refractivity contribution >= 4 is 35.0 Å². The quantitative estimate of drug-likeness (QED) is 0.475. The summed E-state index contributed by atoms with van der Waals surface area (Å²) in [6, 6.07) is 14.0. The molecule has 0 radical (unpaired) electrons. The molecule has 3 N–H and O–H groups in total. The zero-order valence-corrected chi connectivity index (χ0v) is 22.6. The van der Waals surface area contributed by atoms with E-state index in [0.717, 1.165) is 6.42 Å². The van der Waals surface area contributed by atoms with E-state index in [-0.39, 0.29) is 24.3 Å². The second-order valence-corrected chi connectivity index (χ2v) is 11.3. The van der Waals surface area contributed by atoms with E-state index in [0.29, 0.717) is 29.2 Å². The topological polar surface area (TPSA) is 108 Å². The minimum absolute atomic E-state index is 0.0704. The van der Waals surface area contributed by atoms with Crippen molar-refractivity contribution in [1.29, 1.82) is 0 Å². The fourth-order valence-corrected chi connectivity index (χ4v) is 6.97. The first-order chi connectivity index (χ1) is 18.2. The van der Waals surface area contributed by atoms with Crippen molar-refractivity contribution < 1.29 is 24.2 Å². The molecule has 3 fully saturated rings. The summed E-state index contributed by atoms with van der Waals surface area (Å²) < 4.78 is 6.73. The van der Waals surface area contributed by atoms with E-state index in [1.165, 1.54) is 4.90 Å². The Bertz CT molecular complexity index is 1220. The van der Waals surface area contributed by atoms with Crippen molar-refractivity contribution in [1.82, 2.24) is 10.2 Å². The number of anilines is 1. The smallest absolute Gasteiger partial charge is 0.250 e. The van der Waals surface area contributed by atoms with Crippen molar-refractivity contribution in [3.63, 3.8) is 0 Å². The number of likely N-dealkylation sites (tertiary alicyclic amines) is 1. The van der Waals surface area contributed by atoms with Gasteiger partial charge in [0.15, 0.2) is 0 Å². The number of nitrogens with one attached hydrogen (secondary N) is 2. The molecule has 2 aromatic carbocycles. The zero-order valence-electron chi connectivity index (χ0n) is 21.8. The Labute approximate surface area is 227 Å². The van der Waals surface area contributed by atoms with Gasteiger partial charge in [0.25, 0.3) is 0 Å². The van der Waals surface area contributed by atoms with Gasteiger partial charge < -0.3 is 25.4 Å². The number of carbonyl (C=O) groups is 3. The largest absolute Gasteiger partial charge is 0.394 e. The highest BCUT2D eigenvalue weighted by Crippen LogP contribution is 2.66. The number of halogens is 1. The van der Waals surface area contributed by atoms with Crippen molar-refractivity contribution in [2.75, 3.05) is 18.5 Å². The molecule has 3 amide bonds. The summed E-state index contributed by atoms with van der Waals surface area (Å²) in [5.74, 6) is -2.69. The molecule has 8 nitrogen and oxygen atoms in total. The average Bonchev–Trinajstić information content (AvgIpc) is 3.42. The minimum Gasteiger partial charge on any atom is -0.394 e. The number of fused-ring (bicyclic) bond motifs is 1. The molecule has 7 atom stereocenters. The number of hydrogen-bond acceptors (Lipinski definition) is 5. The van der Waals surface area contributed by atoms with Gasteiger partial charge in [0.05, 0.1) is 30.1 Å². The molecule has 0 aliphatic carbocycles. The highest BCUT2D eigenvalue weighted by Gasteiger charge is 2.80. The van der Waals surface area contributed by atoms with Crippen LogP contribution in [0.2, 0.25) is 5.02 Å². The fraction of sp³-hybridized carbons (Fsp3) is 0.483. The summed E-state index contributed by atoms with van der Waals surface area (Å²) in [6.07, 6.45) is 1.20. The summed E-state index contributed by atoms with van der Waals surface area (Å²) >= 11 is 6.03. The molecule has 3 aliphatic heterocycles. The molecule has 3 unspecified atom stereocenters. The molecule has 9 heteroatoms. The number of nitrogens with zero attached hydrogens (tertiary/aromatic N) is 1. The number of benzene rings is 2. The molecule has 2 bridgehead atoms. The van der Waals surface area contributed by atoms with Gasteiger partial charge in [0.2, 0.25) is 17.7 Å². The molecule has 0 saturated carbocycles. The lowest BCUT2D eigenvalue weighted by molar-refractivity contribution is -0.149. The Morgan fingerprint density at radius 3 is 2.47 bits per heavy atom. The summed E-state index contributed by atoms with van der Waals surface area (Å²) in [6.45, 7) is 5.96. The molecule has 2 aromatic rings. The predicted octanol–water partition coefficient (Wildman–Crippen LogP) is 3.55. The van der Waals surface area contributed by atoms with Crippen LogP contribution in [0.15, 0.2) is 54.6 Å². The Morgan fingerprint density at radius 2 is 1.84 bits per heavy atom. The Morgan fingerprint density at radius 1 is 1.16 bits per heavy atom. The van der Waals surface area contributed by atoms with Crippen molar-refractivity contribution in [3.05, 3.63) is 65.2 Å². The third kappa shape index (κ3) is 4.01. The van der Waals surface area contributed by atoms with Crippen molar-refractivity contribution in [2.24, 2.45) is 17.8 Å². The van der Waals surface area contributed by atoms with Crippen LogP contribution in [0.3, 0.4) is 0 Å². The third-order valence-electron chi connectivity index (χ3n) is 8.64. The Balaban J connectivity index is 1.61. The lowest BCUT2D eigenvalue weighted by atomic mass is 9.62. The van der Waals surface area contributed by atoms with Crippen molar-refractivity contribution in [3.8, 4) is 0 Å². The first kappa shape index (κ1) is 26.7. The summed E-state index contributed by atoms with van der Waals surface area (Å²) in [4.78, 5) is 43.4. The van der Waals surface area contributed by atoms with Gasteiger partial charge in [0, 0.05) is 17.3 Å². The number of aliphatic hydroxyl groups is 1. The molecular formula is C29H34ClN3O5. The van der Waals surface area contributed by atoms with Crippen LogP contribution < -0.4 is 10.6 Å². The maximum Gasteiger partial charge on any atom is 0.250 e. The normalized spacial score (nSPS) is 32.2. The lowest BCUT2D eigenvalue weighted by Gasteiger charge is -2.37. The zero-order chi connectivity index (χ0) is 27.2. The standard InChI is InChI=1S/C29H34ClN3O5/c1-4-14-31-25(35)22-23-27(37)33(21(16-34)18-8-6-5-7-9-18)24(29(23)15-17(2)28(22,3)38-29)26(36)32-20-12-10-19(30)11-13-20/h5-13,17,21-24,34H,4,14-16H2,1-3H3,(H,31,35)(H,32,36)/t17?,21-,22-,23+,24?,28+,29?/m1/s1. The molecule has 38 heavy (non-hydrogen) atoms. The number of hydrogen-bond donors (Lipinski definition) is 3. The van der Waals surface area contributed by atoms with Gasteiger partial charge in [-0.25, -0.2) is 0 Å². The van der Waals surface area contributed by atoms with E-state index in [9.17, 15) is 19.5 Å². The van der Waals surface area contributed by atoms with E-state index in [4.69, 9.17) is 16.3 Å². The molecular weight excluding hydrogens is 506 g/mol. The van der Waals surface area contributed by atoms with Crippen LogP contribution in [0.25, 0.3) is 0 Å². The van der Waals surface area contributed by atoms with Gasteiger partial charge >= 0.3 is 0 Å². The maximum absolute atomic E-state index is 14.4. The number of rotatable bonds is 8. The monoisotopic (exact) mass is 539 g/mol. The first-order valence-corrected chi connectivity index (χ1v) is 13.6. The molecule has 202 valence electrons. The van der Waals surface area contributed by atoms with Gasteiger partial charge in [-0.15, -0.1) is 0 Å². The molecule has 1 spiro atoms. The van der Waals surface area contributed by atoms with Crippen LogP contribution in [-0.4, -0.2) is 58.1 Å². The summed E-state index contributed by atoms with van der Waals surface area (Å²) in [7, 11) is 0. The molecule has 3 aliphatic rings. The van der Waals surface area contributed by atoms with Gasteiger partial charge in [-0.05, 0) is 55.5 Å². The van der Waals surface area contributed by atoms with E-state index in [1.54, 1.807) is 24.3 Å². The van der Waals surface area contributed by atoms with Crippen LogP contribution >= 0.6 is 11.6 Å². The van der Waals surface area contributed by atoms with Gasteiger partial charge in [-0.3, -0.25) is 14.4 Å². The van der Waals surface area contributed by atoms with E-state index >= 15 is 0 Å². The summed E-state index contributed by atoms with van der Waals surface area (Å²) in [5, 5.41) is 17.0. The van der Waals surface area contributed by atoms with Crippen LogP contribution in [0.1, 0.15) is 45.2 Å². The molecule has 3 saturated heterocycles. The van der Waals surface area contributed by atoms with Gasteiger partial charge in [0.1, 0.15) is 11.6 Å². The van der Waals surface area contributed by atoms with Crippen LogP contribution in [0.5, 0.6) is 0 Å². The average molecular weight is 540 g/mol. The lowest BCUT2D eigenvalue weighted by Crippen LogP contribution is -2.55. The van der Waals surface area contributed by atoms with Crippen LogP contribution in [-0.2, 0) is 19.1 Å².